The molecule has 2 nitrogen and oxygen atoms in total. The second kappa shape index (κ2) is 6.35. The fourth-order valence-electron chi connectivity index (χ4n) is 2.18. The highest BCUT2D eigenvalue weighted by atomic mass is 15.1. The van der Waals surface area contributed by atoms with Crippen LogP contribution in [-0.4, -0.2) is 25.5 Å². The van der Waals surface area contributed by atoms with Crippen molar-refractivity contribution in [1.82, 2.24) is 4.90 Å². The first kappa shape index (κ1) is 15.2. The normalized spacial score (nSPS) is 13.9. The summed E-state index contributed by atoms with van der Waals surface area (Å²) in [6.07, 6.45) is 2.18. The minimum Gasteiger partial charge on any atom is -0.330 e. The largest absolute Gasteiger partial charge is 0.330 e. The number of aryl methyl sites for hydroxylation is 1. The lowest BCUT2D eigenvalue weighted by Crippen LogP contribution is -2.31. The van der Waals surface area contributed by atoms with E-state index < -0.39 is 0 Å². The van der Waals surface area contributed by atoms with Gasteiger partial charge in [-0.3, -0.25) is 0 Å². The van der Waals surface area contributed by atoms with Crippen molar-refractivity contribution in [3.05, 3.63) is 35.4 Å². The zero-order chi connectivity index (χ0) is 13.8. The Balaban J connectivity index is 2.90. The van der Waals surface area contributed by atoms with Crippen LogP contribution in [0.3, 0.4) is 0 Å². The van der Waals surface area contributed by atoms with Crippen LogP contribution in [0.25, 0.3) is 0 Å². The number of nitrogens with zero attached hydrogens (tertiary/aromatic N) is 1. The fraction of sp³-hybridized carbons (Fsp3) is 0.625. The molecular weight excluding hydrogens is 220 g/mol. The minimum absolute atomic E-state index is 0.179. The van der Waals surface area contributed by atoms with Gasteiger partial charge in [0.15, 0.2) is 0 Å². The summed E-state index contributed by atoms with van der Waals surface area (Å²) in [6, 6.07) is 9.43. The predicted molar refractivity (Wildman–Crippen MR) is 79.7 cm³/mol. The molecule has 0 saturated heterocycles. The molecule has 0 amide bonds. The summed E-state index contributed by atoms with van der Waals surface area (Å²) in [5, 5.41) is 0. The lowest BCUT2D eigenvalue weighted by Gasteiger charge is -2.33. The van der Waals surface area contributed by atoms with Gasteiger partial charge in [-0.25, -0.2) is 0 Å². The van der Waals surface area contributed by atoms with Gasteiger partial charge >= 0.3 is 0 Å². The quantitative estimate of drug-likeness (QED) is 0.837. The Kier molecular flexibility index (Phi) is 5.36. The molecule has 1 unspecified atom stereocenters. The van der Waals surface area contributed by atoms with Crippen molar-refractivity contribution in [2.75, 3.05) is 20.6 Å². The molecule has 0 fully saturated rings. The highest BCUT2D eigenvalue weighted by Crippen LogP contribution is 2.32. The second-order valence-electron chi connectivity index (χ2n) is 6.15. The average Bonchev–Trinajstić information content (AvgIpc) is 2.36. The minimum atomic E-state index is 0.179. The van der Waals surface area contributed by atoms with Gasteiger partial charge < -0.3 is 10.6 Å². The second-order valence-corrected chi connectivity index (χ2v) is 6.15. The third-order valence-electron chi connectivity index (χ3n) is 3.69. The van der Waals surface area contributed by atoms with E-state index in [1.807, 2.05) is 0 Å². The summed E-state index contributed by atoms with van der Waals surface area (Å²) in [5.74, 6) is 0. The van der Waals surface area contributed by atoms with E-state index in [2.05, 4.69) is 64.0 Å². The first-order valence-corrected chi connectivity index (χ1v) is 6.85. The smallest absolute Gasteiger partial charge is 0.0347 e. The molecule has 0 aliphatic rings. The molecule has 1 aromatic rings. The van der Waals surface area contributed by atoms with Crippen molar-refractivity contribution in [3.63, 3.8) is 0 Å². The van der Waals surface area contributed by atoms with Crippen molar-refractivity contribution in [2.45, 2.75) is 39.7 Å². The number of hydrogen-bond acceptors (Lipinski definition) is 2. The van der Waals surface area contributed by atoms with Crippen molar-refractivity contribution in [1.29, 1.82) is 0 Å². The predicted octanol–water partition coefficient (Wildman–Crippen LogP) is 3.23. The van der Waals surface area contributed by atoms with Crippen LogP contribution in [0.5, 0.6) is 0 Å². The Morgan fingerprint density at radius 2 is 1.72 bits per heavy atom. The molecule has 1 rings (SSSR count). The first-order valence-electron chi connectivity index (χ1n) is 6.85. The molecular formula is C16H28N2. The van der Waals surface area contributed by atoms with Crippen LogP contribution in [-0.2, 0) is 6.42 Å². The molecule has 18 heavy (non-hydrogen) atoms. The number of hydrogen-bond donors (Lipinski definition) is 1. The topological polar surface area (TPSA) is 29.3 Å². The van der Waals surface area contributed by atoms with Crippen LogP contribution in [0, 0.1) is 5.41 Å². The Bertz CT molecular complexity index is 352. The molecule has 102 valence electrons. The van der Waals surface area contributed by atoms with Crippen molar-refractivity contribution in [2.24, 2.45) is 11.1 Å². The van der Waals surface area contributed by atoms with Crippen molar-refractivity contribution >= 4 is 0 Å². The van der Waals surface area contributed by atoms with Gasteiger partial charge in [0.2, 0.25) is 0 Å². The SMILES string of the molecule is CCc1ccc(C(CC(C)(C)CN)N(C)C)cc1. The average molecular weight is 248 g/mol. The fourth-order valence-corrected chi connectivity index (χ4v) is 2.18. The van der Waals surface area contributed by atoms with E-state index in [-0.39, 0.29) is 5.41 Å². The van der Waals surface area contributed by atoms with Gasteiger partial charge in [-0.1, -0.05) is 45.0 Å². The molecule has 0 saturated carbocycles. The van der Waals surface area contributed by atoms with Gasteiger partial charge in [0.05, 0.1) is 0 Å². The van der Waals surface area contributed by atoms with Gasteiger partial charge in [0.25, 0.3) is 0 Å². The van der Waals surface area contributed by atoms with E-state index in [1.54, 1.807) is 0 Å². The van der Waals surface area contributed by atoms with E-state index in [9.17, 15) is 0 Å². The maximum atomic E-state index is 5.86. The zero-order valence-corrected chi connectivity index (χ0v) is 12.5. The maximum absolute atomic E-state index is 5.86. The summed E-state index contributed by atoms with van der Waals surface area (Å²) >= 11 is 0. The molecule has 2 N–H and O–H groups in total. The summed E-state index contributed by atoms with van der Waals surface area (Å²) < 4.78 is 0. The van der Waals surface area contributed by atoms with Crippen LogP contribution in [0.15, 0.2) is 24.3 Å². The summed E-state index contributed by atoms with van der Waals surface area (Å²) in [6.45, 7) is 7.40. The number of benzene rings is 1. The molecule has 0 aliphatic carbocycles. The van der Waals surface area contributed by atoms with Crippen LogP contribution >= 0.6 is 0 Å². The summed E-state index contributed by atoms with van der Waals surface area (Å²) in [7, 11) is 4.29. The Labute approximate surface area is 112 Å². The van der Waals surface area contributed by atoms with Gasteiger partial charge in [0, 0.05) is 6.04 Å². The van der Waals surface area contributed by atoms with E-state index in [0.717, 1.165) is 19.4 Å². The van der Waals surface area contributed by atoms with Gasteiger partial charge in [-0.05, 0) is 50.0 Å². The Hall–Kier alpha value is -0.860. The lowest BCUT2D eigenvalue weighted by atomic mass is 9.83. The van der Waals surface area contributed by atoms with Crippen LogP contribution in [0.2, 0.25) is 0 Å². The molecule has 1 atom stereocenters. The first-order chi connectivity index (χ1) is 8.39. The monoisotopic (exact) mass is 248 g/mol. The maximum Gasteiger partial charge on any atom is 0.0347 e. The van der Waals surface area contributed by atoms with Crippen LogP contribution in [0.1, 0.15) is 44.4 Å². The van der Waals surface area contributed by atoms with Gasteiger partial charge in [0.1, 0.15) is 0 Å². The molecule has 0 radical (unpaired) electrons. The molecule has 1 aromatic carbocycles. The number of rotatable bonds is 6. The van der Waals surface area contributed by atoms with E-state index in [1.165, 1.54) is 11.1 Å². The number of nitrogens with two attached hydrogens (primary N) is 1. The molecule has 0 aromatic heterocycles. The van der Waals surface area contributed by atoms with E-state index in [0.29, 0.717) is 6.04 Å². The van der Waals surface area contributed by atoms with Crippen LogP contribution in [0.4, 0.5) is 0 Å². The Morgan fingerprint density at radius 3 is 2.11 bits per heavy atom. The molecule has 2 heteroatoms. The zero-order valence-electron chi connectivity index (χ0n) is 12.5. The molecule has 0 spiro atoms. The third kappa shape index (κ3) is 4.11. The van der Waals surface area contributed by atoms with E-state index in [4.69, 9.17) is 5.73 Å². The lowest BCUT2D eigenvalue weighted by molar-refractivity contribution is 0.202. The Morgan fingerprint density at radius 1 is 1.17 bits per heavy atom. The van der Waals surface area contributed by atoms with E-state index >= 15 is 0 Å². The molecule has 0 bridgehead atoms. The van der Waals surface area contributed by atoms with Gasteiger partial charge in [-0.15, -0.1) is 0 Å². The molecule has 0 aliphatic heterocycles. The summed E-state index contributed by atoms with van der Waals surface area (Å²) in [5.41, 5.74) is 8.82. The van der Waals surface area contributed by atoms with Crippen LogP contribution < -0.4 is 5.73 Å². The van der Waals surface area contributed by atoms with Crippen molar-refractivity contribution < 1.29 is 0 Å². The third-order valence-corrected chi connectivity index (χ3v) is 3.69. The van der Waals surface area contributed by atoms with Crippen molar-refractivity contribution in [3.8, 4) is 0 Å². The standard InChI is InChI=1S/C16H28N2/c1-6-13-7-9-14(10-8-13)15(18(4)5)11-16(2,3)12-17/h7-10,15H,6,11-12,17H2,1-5H3. The molecule has 0 heterocycles. The summed E-state index contributed by atoms with van der Waals surface area (Å²) in [4.78, 5) is 2.29. The van der Waals surface area contributed by atoms with Gasteiger partial charge in [-0.2, -0.15) is 0 Å². The highest BCUT2D eigenvalue weighted by molar-refractivity contribution is 5.25. The highest BCUT2D eigenvalue weighted by Gasteiger charge is 2.24.